The summed E-state index contributed by atoms with van der Waals surface area (Å²) in [7, 11) is 0. The largest absolute Gasteiger partial charge is 0.357 e. The van der Waals surface area contributed by atoms with Gasteiger partial charge in [0.1, 0.15) is 12.4 Å². The van der Waals surface area contributed by atoms with Crippen LogP contribution in [0.25, 0.3) is 11.3 Å². The van der Waals surface area contributed by atoms with Gasteiger partial charge in [0.2, 0.25) is 0 Å². The standard InChI is InChI=1S/C17H25N5.HI/c1-5-18-16(22-17(2,3)4)20-12-15-19-11-14(21-15)13-9-7-6-8-10-13;/h6-11H,5,12H2,1-4H3,(H,19,21)(H2,18,20,22);1H. The number of nitrogens with one attached hydrogen (secondary N) is 3. The molecule has 0 saturated carbocycles. The molecule has 0 spiro atoms. The van der Waals surface area contributed by atoms with Crippen molar-refractivity contribution in [2.24, 2.45) is 4.99 Å². The highest BCUT2D eigenvalue weighted by Gasteiger charge is 2.11. The van der Waals surface area contributed by atoms with Gasteiger partial charge in [0.25, 0.3) is 0 Å². The van der Waals surface area contributed by atoms with Gasteiger partial charge in [0, 0.05) is 12.1 Å². The van der Waals surface area contributed by atoms with Gasteiger partial charge in [-0.1, -0.05) is 30.3 Å². The zero-order valence-corrected chi connectivity index (χ0v) is 16.5. The van der Waals surface area contributed by atoms with Gasteiger partial charge in [-0.05, 0) is 33.3 Å². The zero-order chi connectivity index (χ0) is 16.0. The minimum Gasteiger partial charge on any atom is -0.357 e. The van der Waals surface area contributed by atoms with Crippen molar-refractivity contribution >= 4 is 29.9 Å². The fourth-order valence-electron chi connectivity index (χ4n) is 2.02. The minimum absolute atomic E-state index is 0. The molecule has 3 N–H and O–H groups in total. The summed E-state index contributed by atoms with van der Waals surface area (Å²) in [5.41, 5.74) is 2.11. The van der Waals surface area contributed by atoms with E-state index in [0.29, 0.717) is 6.54 Å². The molecule has 5 nitrogen and oxygen atoms in total. The Labute approximate surface area is 155 Å². The van der Waals surface area contributed by atoms with Crippen molar-refractivity contribution < 1.29 is 0 Å². The average molecular weight is 427 g/mol. The summed E-state index contributed by atoms with van der Waals surface area (Å²) in [5, 5.41) is 6.61. The number of halogens is 1. The first kappa shape index (κ1) is 19.5. The molecule has 6 heteroatoms. The summed E-state index contributed by atoms with van der Waals surface area (Å²) in [6.45, 7) is 9.73. The summed E-state index contributed by atoms with van der Waals surface area (Å²) < 4.78 is 0. The van der Waals surface area contributed by atoms with Crippen molar-refractivity contribution in [3.05, 3.63) is 42.4 Å². The Kier molecular flexibility index (Phi) is 7.54. The van der Waals surface area contributed by atoms with Crippen LogP contribution in [0.3, 0.4) is 0 Å². The lowest BCUT2D eigenvalue weighted by atomic mass is 10.1. The third-order valence-corrected chi connectivity index (χ3v) is 2.94. The summed E-state index contributed by atoms with van der Waals surface area (Å²) in [6, 6.07) is 10.2. The number of nitrogens with zero attached hydrogens (tertiary/aromatic N) is 2. The lowest BCUT2D eigenvalue weighted by Gasteiger charge is -2.23. The van der Waals surface area contributed by atoms with Gasteiger partial charge < -0.3 is 15.6 Å². The highest BCUT2D eigenvalue weighted by Crippen LogP contribution is 2.16. The van der Waals surface area contributed by atoms with Crippen molar-refractivity contribution in [2.45, 2.75) is 39.8 Å². The number of guanidine groups is 1. The molecule has 1 heterocycles. The first-order chi connectivity index (χ1) is 10.5. The van der Waals surface area contributed by atoms with Crippen LogP contribution in [0.5, 0.6) is 0 Å². The van der Waals surface area contributed by atoms with Crippen LogP contribution in [0.15, 0.2) is 41.5 Å². The predicted molar refractivity (Wildman–Crippen MR) is 107 cm³/mol. The van der Waals surface area contributed by atoms with Crippen molar-refractivity contribution in [2.75, 3.05) is 6.54 Å². The number of aliphatic imine (C=N–C) groups is 1. The Morgan fingerprint density at radius 2 is 1.91 bits per heavy atom. The molecule has 0 saturated heterocycles. The average Bonchev–Trinajstić information content (AvgIpc) is 2.93. The Morgan fingerprint density at radius 3 is 2.52 bits per heavy atom. The normalized spacial score (nSPS) is 11.7. The maximum Gasteiger partial charge on any atom is 0.192 e. The van der Waals surface area contributed by atoms with Gasteiger partial charge in [0.15, 0.2) is 5.96 Å². The molecule has 1 aromatic heterocycles. The third kappa shape index (κ3) is 6.60. The lowest BCUT2D eigenvalue weighted by Crippen LogP contribution is -2.47. The monoisotopic (exact) mass is 427 g/mol. The highest BCUT2D eigenvalue weighted by molar-refractivity contribution is 14.0. The number of rotatable bonds is 4. The molecule has 0 atom stereocenters. The molecule has 0 aliphatic rings. The van der Waals surface area contributed by atoms with Gasteiger partial charge in [-0.3, -0.25) is 0 Å². The SMILES string of the molecule is CCNC(=NCc1ncc(-c2ccccc2)[nH]1)NC(C)(C)C.I. The van der Waals surface area contributed by atoms with Crippen molar-refractivity contribution in [1.82, 2.24) is 20.6 Å². The Hall–Kier alpha value is -1.57. The van der Waals surface area contributed by atoms with Gasteiger partial charge in [-0.25, -0.2) is 9.98 Å². The number of hydrogen-bond donors (Lipinski definition) is 3. The van der Waals surface area contributed by atoms with E-state index in [2.05, 4.69) is 65.4 Å². The van der Waals surface area contributed by atoms with Crippen LogP contribution in [0.2, 0.25) is 0 Å². The molecule has 0 bridgehead atoms. The van der Waals surface area contributed by atoms with E-state index in [-0.39, 0.29) is 29.5 Å². The van der Waals surface area contributed by atoms with Crippen LogP contribution in [-0.4, -0.2) is 28.0 Å². The number of H-pyrrole nitrogens is 1. The van der Waals surface area contributed by atoms with Crippen LogP contribution < -0.4 is 10.6 Å². The molecule has 0 unspecified atom stereocenters. The Balaban J connectivity index is 0.00000264. The molecule has 0 amide bonds. The Morgan fingerprint density at radius 1 is 1.22 bits per heavy atom. The van der Waals surface area contributed by atoms with Crippen molar-refractivity contribution in [1.29, 1.82) is 0 Å². The zero-order valence-electron chi connectivity index (χ0n) is 14.2. The first-order valence-electron chi connectivity index (χ1n) is 7.64. The van der Waals surface area contributed by atoms with Crippen LogP contribution >= 0.6 is 24.0 Å². The highest BCUT2D eigenvalue weighted by atomic mass is 127. The molecular weight excluding hydrogens is 401 g/mol. The van der Waals surface area contributed by atoms with Gasteiger partial charge in [-0.2, -0.15) is 0 Å². The predicted octanol–water partition coefficient (Wildman–Crippen LogP) is 3.55. The van der Waals surface area contributed by atoms with E-state index in [1.165, 1.54) is 0 Å². The number of aromatic amines is 1. The van der Waals surface area contributed by atoms with E-state index < -0.39 is 0 Å². The molecular formula is C17H26IN5. The molecule has 2 rings (SSSR count). The van der Waals surface area contributed by atoms with Crippen LogP contribution in [0, 0.1) is 0 Å². The van der Waals surface area contributed by atoms with E-state index in [9.17, 15) is 0 Å². The van der Waals surface area contributed by atoms with E-state index in [1.807, 2.05) is 24.4 Å². The summed E-state index contributed by atoms with van der Waals surface area (Å²) >= 11 is 0. The van der Waals surface area contributed by atoms with E-state index in [4.69, 9.17) is 0 Å². The fraction of sp³-hybridized carbons (Fsp3) is 0.412. The van der Waals surface area contributed by atoms with E-state index in [0.717, 1.165) is 29.6 Å². The maximum absolute atomic E-state index is 4.58. The summed E-state index contributed by atoms with van der Waals surface area (Å²) in [4.78, 5) is 12.3. The van der Waals surface area contributed by atoms with Crippen LogP contribution in [-0.2, 0) is 6.54 Å². The summed E-state index contributed by atoms with van der Waals surface area (Å²) in [6.07, 6.45) is 1.85. The molecule has 0 fully saturated rings. The second-order valence-corrected chi connectivity index (χ2v) is 6.18. The molecule has 1 aromatic carbocycles. The number of benzene rings is 1. The second kappa shape index (κ2) is 8.90. The fourth-order valence-corrected chi connectivity index (χ4v) is 2.02. The molecule has 23 heavy (non-hydrogen) atoms. The first-order valence-corrected chi connectivity index (χ1v) is 7.64. The quantitative estimate of drug-likeness (QED) is 0.397. The van der Waals surface area contributed by atoms with Crippen molar-refractivity contribution in [3.8, 4) is 11.3 Å². The third-order valence-electron chi connectivity index (χ3n) is 2.94. The van der Waals surface area contributed by atoms with E-state index in [1.54, 1.807) is 0 Å². The molecule has 0 aliphatic carbocycles. The van der Waals surface area contributed by atoms with Crippen molar-refractivity contribution in [3.63, 3.8) is 0 Å². The van der Waals surface area contributed by atoms with Gasteiger partial charge in [-0.15, -0.1) is 24.0 Å². The second-order valence-electron chi connectivity index (χ2n) is 6.18. The number of hydrogen-bond acceptors (Lipinski definition) is 2. The lowest BCUT2D eigenvalue weighted by molar-refractivity contribution is 0.501. The van der Waals surface area contributed by atoms with Gasteiger partial charge in [0.05, 0.1) is 11.9 Å². The smallest absolute Gasteiger partial charge is 0.192 e. The van der Waals surface area contributed by atoms with Crippen LogP contribution in [0.1, 0.15) is 33.5 Å². The molecule has 0 aliphatic heterocycles. The molecule has 126 valence electrons. The van der Waals surface area contributed by atoms with E-state index >= 15 is 0 Å². The maximum atomic E-state index is 4.58. The molecule has 2 aromatic rings. The number of imidazole rings is 1. The topological polar surface area (TPSA) is 65.1 Å². The number of aromatic nitrogens is 2. The molecule has 0 radical (unpaired) electrons. The van der Waals surface area contributed by atoms with Crippen LogP contribution in [0.4, 0.5) is 0 Å². The minimum atomic E-state index is -0.0284. The Bertz CT molecular complexity index is 613. The van der Waals surface area contributed by atoms with Gasteiger partial charge >= 0.3 is 0 Å². The summed E-state index contributed by atoms with van der Waals surface area (Å²) in [5.74, 6) is 1.65.